The Balaban J connectivity index is 1.51. The van der Waals surface area contributed by atoms with Crippen molar-refractivity contribution in [1.29, 1.82) is 0 Å². The summed E-state index contributed by atoms with van der Waals surface area (Å²) in [6, 6.07) is 15.7. The number of amides is 1. The Morgan fingerprint density at radius 3 is 2.35 bits per heavy atom. The molecule has 134 valence electrons. The first-order valence-electron chi connectivity index (χ1n) is 9.12. The molecule has 2 aliphatic rings. The minimum atomic E-state index is -0.439. The molecule has 0 bridgehead atoms. The number of hydrogen-bond donors (Lipinski definition) is 0. The second-order valence-corrected chi connectivity index (χ2v) is 7.06. The Labute approximate surface area is 153 Å². The predicted molar refractivity (Wildman–Crippen MR) is 102 cm³/mol. The van der Waals surface area contributed by atoms with Crippen LogP contribution in [0, 0.1) is 0 Å². The van der Waals surface area contributed by atoms with E-state index in [1.54, 1.807) is 17.0 Å². The summed E-state index contributed by atoms with van der Waals surface area (Å²) in [5.41, 5.74) is 3.75. The summed E-state index contributed by atoms with van der Waals surface area (Å²) < 4.78 is 0. The third-order valence-electron chi connectivity index (χ3n) is 5.14. The van der Waals surface area contributed by atoms with Crippen molar-refractivity contribution in [3.8, 4) is 0 Å². The van der Waals surface area contributed by atoms with E-state index in [-0.39, 0.29) is 0 Å². The van der Waals surface area contributed by atoms with Crippen LogP contribution in [0.15, 0.2) is 48.5 Å². The quantitative estimate of drug-likeness (QED) is 0.779. The first-order valence-corrected chi connectivity index (χ1v) is 9.12. The molecule has 0 atom stereocenters. The third-order valence-corrected chi connectivity index (χ3v) is 5.14. The molecule has 2 heterocycles. The molecule has 1 amide bonds. The van der Waals surface area contributed by atoms with Crippen LogP contribution in [0.25, 0.3) is 0 Å². The monoisotopic (exact) mass is 349 g/mol. The molecule has 0 unspecified atom stereocenters. The van der Waals surface area contributed by atoms with Gasteiger partial charge >= 0.3 is 5.91 Å². The van der Waals surface area contributed by atoms with Crippen molar-refractivity contribution in [1.82, 2.24) is 4.90 Å². The van der Waals surface area contributed by atoms with E-state index in [0.29, 0.717) is 17.9 Å². The van der Waals surface area contributed by atoms with Crippen molar-refractivity contribution in [2.24, 2.45) is 0 Å². The number of rotatable bonds is 5. The topological polar surface area (TPSA) is 43.9 Å². The molecule has 0 N–H and O–H groups in total. The summed E-state index contributed by atoms with van der Waals surface area (Å²) in [6.45, 7) is 3.34. The molecule has 1 saturated heterocycles. The van der Waals surface area contributed by atoms with Gasteiger partial charge in [0.05, 0.1) is 17.9 Å². The fraction of sp³-hybridized carbons (Fsp3) is 0.333. The van der Waals surface area contributed by atoms with Gasteiger partial charge in [-0.15, -0.1) is 0 Å². The molecule has 5 heteroatoms. The molecule has 4 rings (SSSR count). The van der Waals surface area contributed by atoms with E-state index in [4.69, 9.17) is 0 Å². The number of ketones is 1. The average molecular weight is 349 g/mol. The van der Waals surface area contributed by atoms with Gasteiger partial charge in [-0.2, -0.15) is 0 Å². The first-order chi connectivity index (χ1) is 12.6. The highest BCUT2D eigenvalue weighted by Crippen LogP contribution is 2.29. The Morgan fingerprint density at radius 1 is 0.923 bits per heavy atom. The van der Waals surface area contributed by atoms with E-state index in [0.717, 1.165) is 19.6 Å². The maximum absolute atomic E-state index is 12.4. The number of hydrogen-bond acceptors (Lipinski definition) is 4. The first kappa shape index (κ1) is 16.8. The number of para-hydroxylation sites is 2. The van der Waals surface area contributed by atoms with Crippen LogP contribution < -0.4 is 9.80 Å². The molecule has 2 aliphatic heterocycles. The zero-order valence-corrected chi connectivity index (χ0v) is 15.0. The Morgan fingerprint density at radius 2 is 1.58 bits per heavy atom. The lowest BCUT2D eigenvalue weighted by molar-refractivity contribution is -0.114. The third kappa shape index (κ3) is 2.99. The Bertz CT molecular complexity index is 843. The van der Waals surface area contributed by atoms with Gasteiger partial charge in [-0.3, -0.25) is 19.4 Å². The summed E-state index contributed by atoms with van der Waals surface area (Å²) in [6.07, 6.45) is 2.48. The minimum absolute atomic E-state index is 0.399. The van der Waals surface area contributed by atoms with Gasteiger partial charge < -0.3 is 4.90 Å². The smallest absolute Gasteiger partial charge is 0.300 e. The molecule has 0 aromatic heterocycles. The van der Waals surface area contributed by atoms with Crippen LogP contribution in [-0.2, 0) is 11.3 Å². The van der Waals surface area contributed by atoms with Gasteiger partial charge in [0.1, 0.15) is 0 Å². The molecule has 2 aromatic carbocycles. The highest BCUT2D eigenvalue weighted by atomic mass is 16.2. The van der Waals surface area contributed by atoms with E-state index in [1.807, 2.05) is 19.2 Å². The maximum atomic E-state index is 12.4. The summed E-state index contributed by atoms with van der Waals surface area (Å²) in [7, 11) is 1.99. The molecule has 0 radical (unpaired) electrons. The van der Waals surface area contributed by atoms with Crippen LogP contribution >= 0.6 is 0 Å². The number of benzene rings is 2. The second-order valence-electron chi connectivity index (χ2n) is 7.06. The van der Waals surface area contributed by atoms with E-state index in [2.05, 4.69) is 34.1 Å². The van der Waals surface area contributed by atoms with Gasteiger partial charge in [0, 0.05) is 25.3 Å². The van der Waals surface area contributed by atoms with E-state index < -0.39 is 11.7 Å². The van der Waals surface area contributed by atoms with Crippen molar-refractivity contribution in [3.63, 3.8) is 0 Å². The fourth-order valence-corrected chi connectivity index (χ4v) is 3.88. The van der Waals surface area contributed by atoms with E-state index in [1.165, 1.54) is 24.1 Å². The van der Waals surface area contributed by atoms with Crippen molar-refractivity contribution >= 4 is 23.1 Å². The largest absolute Gasteiger partial charge is 0.371 e. The molecule has 0 spiro atoms. The van der Waals surface area contributed by atoms with Crippen molar-refractivity contribution < 1.29 is 9.59 Å². The zero-order valence-electron chi connectivity index (χ0n) is 15.0. The van der Waals surface area contributed by atoms with Crippen molar-refractivity contribution in [3.05, 3.63) is 59.7 Å². The van der Waals surface area contributed by atoms with Crippen LogP contribution in [0.5, 0.6) is 0 Å². The molecule has 5 nitrogen and oxygen atoms in total. The van der Waals surface area contributed by atoms with Crippen LogP contribution in [0.1, 0.15) is 28.8 Å². The lowest BCUT2D eigenvalue weighted by atomic mass is 10.1. The van der Waals surface area contributed by atoms with Gasteiger partial charge in [0.2, 0.25) is 0 Å². The van der Waals surface area contributed by atoms with Crippen LogP contribution in [0.3, 0.4) is 0 Å². The van der Waals surface area contributed by atoms with E-state index in [9.17, 15) is 9.59 Å². The second kappa shape index (κ2) is 6.92. The van der Waals surface area contributed by atoms with Gasteiger partial charge in [0.25, 0.3) is 5.78 Å². The summed E-state index contributed by atoms with van der Waals surface area (Å²) in [4.78, 5) is 30.6. The predicted octanol–water partition coefficient (Wildman–Crippen LogP) is 2.91. The lowest BCUT2D eigenvalue weighted by Crippen LogP contribution is -2.39. The van der Waals surface area contributed by atoms with Gasteiger partial charge in [-0.1, -0.05) is 30.3 Å². The van der Waals surface area contributed by atoms with E-state index >= 15 is 0 Å². The molecule has 1 fully saturated rings. The number of anilines is 2. The maximum Gasteiger partial charge on any atom is 0.300 e. The number of carbonyl (C=O) groups excluding carboxylic acids is 2. The Hall–Kier alpha value is -2.66. The highest BCUT2D eigenvalue weighted by molar-refractivity contribution is 6.52. The van der Waals surface area contributed by atoms with Crippen LogP contribution in [-0.4, -0.2) is 43.4 Å². The number of carbonyl (C=O) groups is 2. The van der Waals surface area contributed by atoms with Gasteiger partial charge in [-0.05, 0) is 43.7 Å². The minimum Gasteiger partial charge on any atom is -0.371 e. The standard InChI is InChI=1S/C21H23N3O2/c1-22(14-16-8-2-4-10-18(16)23-12-6-7-13-23)15-24-19-11-5-3-9-17(19)20(25)21(24)26/h2-5,8-11H,6-7,12-15H2,1H3. The van der Waals surface area contributed by atoms with Gasteiger partial charge in [0.15, 0.2) is 0 Å². The zero-order chi connectivity index (χ0) is 18.1. The van der Waals surface area contributed by atoms with Crippen LogP contribution in [0.2, 0.25) is 0 Å². The Kier molecular flexibility index (Phi) is 4.47. The summed E-state index contributed by atoms with van der Waals surface area (Å²) >= 11 is 0. The molecule has 26 heavy (non-hydrogen) atoms. The molecule has 2 aromatic rings. The number of Topliss-reactive ketones (excluding diaryl/α,β-unsaturated/α-hetero) is 1. The fourth-order valence-electron chi connectivity index (χ4n) is 3.88. The van der Waals surface area contributed by atoms with Crippen molar-refractivity contribution in [2.75, 3.05) is 36.6 Å². The lowest BCUT2D eigenvalue weighted by Gasteiger charge is -2.27. The highest BCUT2D eigenvalue weighted by Gasteiger charge is 2.35. The molecular weight excluding hydrogens is 326 g/mol. The normalized spacial score (nSPS) is 16.7. The molecular formula is C21H23N3O2. The average Bonchev–Trinajstić information content (AvgIpc) is 3.26. The molecule has 0 saturated carbocycles. The van der Waals surface area contributed by atoms with Crippen molar-refractivity contribution in [2.45, 2.75) is 19.4 Å². The van der Waals surface area contributed by atoms with Gasteiger partial charge in [-0.25, -0.2) is 0 Å². The summed E-state index contributed by atoms with van der Waals surface area (Å²) in [5.74, 6) is -0.850. The SMILES string of the molecule is CN(Cc1ccccc1N1CCCC1)CN1C(=O)C(=O)c2ccccc21. The molecule has 0 aliphatic carbocycles. The summed E-state index contributed by atoms with van der Waals surface area (Å²) in [5, 5.41) is 0. The number of nitrogens with zero attached hydrogens (tertiary/aromatic N) is 3. The number of fused-ring (bicyclic) bond motifs is 1. The van der Waals surface area contributed by atoms with Crippen LogP contribution in [0.4, 0.5) is 11.4 Å².